The molecule has 1 aromatic heterocycles. The molecule has 1 aromatic carbocycles. The molecule has 0 aliphatic carbocycles. The van der Waals surface area contributed by atoms with E-state index >= 15 is 0 Å². The van der Waals surface area contributed by atoms with Crippen LogP contribution in [0.1, 0.15) is 29.7 Å². The van der Waals surface area contributed by atoms with E-state index in [4.69, 9.17) is 25.4 Å². The van der Waals surface area contributed by atoms with Gasteiger partial charge in [0.15, 0.2) is 5.79 Å². The maximum Gasteiger partial charge on any atom is 0.243 e. The molecule has 1 spiro atoms. The first-order valence-electron chi connectivity index (χ1n) is 12.2. The standard InChI is InChI=1S/C25H30FN5O6S/c26-17-3-5-18(6-4-17)35-7-1-2-21(32)29-13-22(33)31-15-25(36-8-9-37-25)11-20(31)24(34)30-12-19-10-16(14-38-19)23(27)28/h3-6,10,14,20H,1-2,7-9,11-13,15H2,(H3,27,28)(H,29,32)(H,30,34). The topological polar surface area (TPSA) is 156 Å². The quantitative estimate of drug-likeness (QED) is 0.187. The molecule has 38 heavy (non-hydrogen) atoms. The van der Waals surface area contributed by atoms with E-state index in [0.717, 1.165) is 4.88 Å². The molecule has 204 valence electrons. The van der Waals surface area contributed by atoms with Crippen molar-refractivity contribution in [3.8, 4) is 5.75 Å². The zero-order valence-corrected chi connectivity index (χ0v) is 21.5. The van der Waals surface area contributed by atoms with Gasteiger partial charge >= 0.3 is 0 Å². The monoisotopic (exact) mass is 547 g/mol. The van der Waals surface area contributed by atoms with Crippen molar-refractivity contribution in [3.05, 3.63) is 52.0 Å². The number of nitrogens with zero attached hydrogens (tertiary/aromatic N) is 1. The van der Waals surface area contributed by atoms with Crippen LogP contribution in [0.25, 0.3) is 0 Å². The van der Waals surface area contributed by atoms with E-state index in [-0.39, 0.29) is 62.5 Å². The minimum atomic E-state index is -1.04. The summed E-state index contributed by atoms with van der Waals surface area (Å²) in [6.45, 7) is 1.03. The van der Waals surface area contributed by atoms with Crippen LogP contribution in [0, 0.1) is 11.2 Å². The van der Waals surface area contributed by atoms with Gasteiger partial charge in [-0.15, -0.1) is 11.3 Å². The third kappa shape index (κ3) is 7.05. The van der Waals surface area contributed by atoms with E-state index in [1.54, 1.807) is 11.4 Å². The summed E-state index contributed by atoms with van der Waals surface area (Å²) >= 11 is 1.37. The number of carbonyl (C=O) groups is 3. The number of carbonyl (C=O) groups excluding carboxylic acids is 3. The first-order valence-corrected chi connectivity index (χ1v) is 13.0. The van der Waals surface area contributed by atoms with Crippen LogP contribution in [0.2, 0.25) is 0 Å². The molecule has 13 heteroatoms. The van der Waals surface area contributed by atoms with Crippen molar-refractivity contribution < 1.29 is 33.0 Å². The average molecular weight is 548 g/mol. The fourth-order valence-corrected chi connectivity index (χ4v) is 5.09. The Morgan fingerprint density at radius 3 is 2.63 bits per heavy atom. The molecule has 4 rings (SSSR count). The van der Waals surface area contributed by atoms with Gasteiger partial charge in [-0.2, -0.15) is 0 Å². The molecule has 1 atom stereocenters. The van der Waals surface area contributed by atoms with Crippen molar-refractivity contribution in [3.63, 3.8) is 0 Å². The van der Waals surface area contributed by atoms with E-state index in [0.29, 0.717) is 30.9 Å². The Labute approximate surface area is 222 Å². The molecular weight excluding hydrogens is 517 g/mol. The Morgan fingerprint density at radius 2 is 1.95 bits per heavy atom. The number of amides is 3. The summed E-state index contributed by atoms with van der Waals surface area (Å²) in [5.41, 5.74) is 6.08. The first-order chi connectivity index (χ1) is 18.2. The van der Waals surface area contributed by atoms with Crippen LogP contribution >= 0.6 is 11.3 Å². The van der Waals surface area contributed by atoms with Crippen LogP contribution in [0.15, 0.2) is 35.7 Å². The van der Waals surface area contributed by atoms with Crippen molar-refractivity contribution >= 4 is 34.9 Å². The number of halogens is 1. The summed E-state index contributed by atoms with van der Waals surface area (Å²) in [6.07, 6.45) is 0.727. The molecule has 3 heterocycles. The molecule has 2 aliphatic rings. The van der Waals surface area contributed by atoms with Crippen LogP contribution in [0.5, 0.6) is 5.75 Å². The Hall–Kier alpha value is -3.55. The van der Waals surface area contributed by atoms with Crippen LogP contribution in [-0.4, -0.2) is 73.2 Å². The Kier molecular flexibility index (Phi) is 8.92. The largest absolute Gasteiger partial charge is 0.494 e. The van der Waals surface area contributed by atoms with E-state index in [1.165, 1.54) is 40.5 Å². The number of nitrogens with two attached hydrogens (primary N) is 1. The van der Waals surface area contributed by atoms with Crippen molar-refractivity contribution in [2.24, 2.45) is 5.73 Å². The average Bonchev–Trinajstić information content (AvgIpc) is 3.65. The molecule has 5 N–H and O–H groups in total. The molecule has 2 saturated heterocycles. The summed E-state index contributed by atoms with van der Waals surface area (Å²) in [4.78, 5) is 40.5. The lowest BCUT2D eigenvalue weighted by Crippen LogP contribution is -2.49. The Morgan fingerprint density at radius 1 is 1.21 bits per heavy atom. The lowest BCUT2D eigenvalue weighted by molar-refractivity contribution is -0.152. The molecule has 11 nitrogen and oxygen atoms in total. The van der Waals surface area contributed by atoms with Gasteiger partial charge in [0, 0.05) is 28.7 Å². The highest BCUT2D eigenvalue weighted by Crippen LogP contribution is 2.35. The number of benzene rings is 1. The number of rotatable bonds is 11. The number of amidine groups is 1. The van der Waals surface area contributed by atoms with Gasteiger partial charge in [0.05, 0.1) is 39.5 Å². The third-order valence-corrected chi connectivity index (χ3v) is 7.13. The van der Waals surface area contributed by atoms with Crippen LogP contribution in [-0.2, 0) is 30.4 Å². The number of nitrogen functional groups attached to an aromatic ring is 1. The number of hydrogen-bond acceptors (Lipinski definition) is 8. The highest BCUT2D eigenvalue weighted by Gasteiger charge is 2.52. The summed E-state index contributed by atoms with van der Waals surface area (Å²) in [7, 11) is 0. The minimum Gasteiger partial charge on any atom is -0.494 e. The predicted molar refractivity (Wildman–Crippen MR) is 136 cm³/mol. The van der Waals surface area contributed by atoms with Crippen molar-refractivity contribution in [1.29, 1.82) is 5.41 Å². The molecule has 0 saturated carbocycles. The van der Waals surface area contributed by atoms with Gasteiger partial charge in [0.25, 0.3) is 0 Å². The van der Waals surface area contributed by atoms with Crippen LogP contribution in [0.3, 0.4) is 0 Å². The van der Waals surface area contributed by atoms with E-state index in [1.807, 2.05) is 0 Å². The number of nitrogens with one attached hydrogen (secondary N) is 3. The molecule has 2 aromatic rings. The molecule has 1 unspecified atom stereocenters. The second kappa shape index (κ2) is 12.3. The van der Waals surface area contributed by atoms with Gasteiger partial charge in [-0.3, -0.25) is 19.8 Å². The normalized spacial score (nSPS) is 17.9. The van der Waals surface area contributed by atoms with Crippen LogP contribution < -0.4 is 21.1 Å². The van der Waals surface area contributed by atoms with E-state index in [2.05, 4.69) is 10.6 Å². The SMILES string of the molecule is N=C(N)c1csc(CNC(=O)C2CC3(CN2C(=O)CNC(=O)CCCOc2ccc(F)cc2)OCCO3)c1. The zero-order valence-electron chi connectivity index (χ0n) is 20.7. The number of likely N-dealkylation sites (tertiary alicyclic amines) is 1. The molecule has 0 bridgehead atoms. The lowest BCUT2D eigenvalue weighted by atomic mass is 10.1. The fraction of sp³-hybridized carbons (Fsp3) is 0.440. The molecular formula is C25H30FN5O6S. The smallest absolute Gasteiger partial charge is 0.243 e. The molecule has 2 aliphatic heterocycles. The Bertz CT molecular complexity index is 1170. The second-order valence-electron chi connectivity index (χ2n) is 8.97. The minimum absolute atomic E-state index is 0.0497. The third-order valence-electron chi connectivity index (χ3n) is 6.20. The highest BCUT2D eigenvalue weighted by molar-refractivity contribution is 7.10. The zero-order chi connectivity index (χ0) is 27.1. The number of thiophene rings is 1. The second-order valence-corrected chi connectivity index (χ2v) is 9.96. The Balaban J connectivity index is 1.26. The maximum atomic E-state index is 13.1. The van der Waals surface area contributed by atoms with Crippen molar-refractivity contribution in [1.82, 2.24) is 15.5 Å². The summed E-state index contributed by atoms with van der Waals surface area (Å²) in [5.74, 6) is -2.06. The highest BCUT2D eigenvalue weighted by atomic mass is 32.1. The van der Waals surface area contributed by atoms with Crippen molar-refractivity contribution in [2.45, 2.75) is 37.6 Å². The summed E-state index contributed by atoms with van der Waals surface area (Å²) in [5, 5.41) is 14.7. The predicted octanol–water partition coefficient (Wildman–Crippen LogP) is 1.11. The first kappa shape index (κ1) is 27.5. The number of ether oxygens (including phenoxy) is 3. The van der Waals surface area contributed by atoms with Gasteiger partial charge < -0.3 is 35.5 Å². The van der Waals surface area contributed by atoms with Gasteiger partial charge in [0.1, 0.15) is 23.4 Å². The fourth-order valence-electron chi connectivity index (χ4n) is 4.27. The van der Waals surface area contributed by atoms with E-state index in [9.17, 15) is 18.8 Å². The maximum absolute atomic E-state index is 13.1. The van der Waals surface area contributed by atoms with E-state index < -0.39 is 17.7 Å². The molecule has 2 fully saturated rings. The van der Waals surface area contributed by atoms with Gasteiger partial charge in [-0.1, -0.05) is 0 Å². The van der Waals surface area contributed by atoms with Gasteiger partial charge in [-0.25, -0.2) is 4.39 Å². The van der Waals surface area contributed by atoms with Crippen LogP contribution in [0.4, 0.5) is 4.39 Å². The summed E-state index contributed by atoms with van der Waals surface area (Å²) in [6, 6.07) is 6.50. The van der Waals surface area contributed by atoms with Gasteiger partial charge in [-0.05, 0) is 36.8 Å². The number of hydrogen-bond donors (Lipinski definition) is 4. The van der Waals surface area contributed by atoms with Gasteiger partial charge in [0.2, 0.25) is 17.7 Å². The van der Waals surface area contributed by atoms with Crippen molar-refractivity contribution in [2.75, 3.05) is 32.9 Å². The molecule has 3 amide bonds. The lowest BCUT2D eigenvalue weighted by Gasteiger charge is -2.24. The summed E-state index contributed by atoms with van der Waals surface area (Å²) < 4.78 is 29.9. The molecule has 0 radical (unpaired) electrons.